The molecule has 8 heteroatoms. The minimum absolute atomic E-state index is 0.272. The number of nitrogens with zero attached hydrogens (tertiary/aromatic N) is 1. The Morgan fingerprint density at radius 3 is 2.59 bits per heavy atom. The van der Waals surface area contributed by atoms with Crippen molar-refractivity contribution in [2.75, 3.05) is 25.6 Å². The Hall–Kier alpha value is -3.39. The monoisotopic (exact) mass is 453 g/mol. The van der Waals surface area contributed by atoms with E-state index in [1.807, 2.05) is 36.9 Å². The van der Waals surface area contributed by atoms with Crippen molar-refractivity contribution in [3.8, 4) is 5.75 Å². The molecule has 0 bridgehead atoms. The highest BCUT2D eigenvalue weighted by Gasteiger charge is 2.34. The van der Waals surface area contributed by atoms with E-state index in [0.717, 1.165) is 11.3 Å². The summed E-state index contributed by atoms with van der Waals surface area (Å²) < 4.78 is 10.6. The van der Waals surface area contributed by atoms with Crippen LogP contribution in [0.1, 0.15) is 42.7 Å². The molecule has 1 atom stereocenters. The van der Waals surface area contributed by atoms with Crippen LogP contribution in [0.3, 0.4) is 0 Å². The average molecular weight is 454 g/mol. The molecule has 0 aromatic heterocycles. The summed E-state index contributed by atoms with van der Waals surface area (Å²) in [6, 6.07) is 13.8. The minimum Gasteiger partial charge on any atom is -0.496 e. The molecule has 1 unspecified atom stereocenters. The largest absolute Gasteiger partial charge is 0.496 e. The predicted octanol–water partition coefficient (Wildman–Crippen LogP) is 4.04. The Labute approximate surface area is 193 Å². The van der Waals surface area contributed by atoms with E-state index in [0.29, 0.717) is 34.2 Å². The number of amides is 1. The maximum absolute atomic E-state index is 12.8. The summed E-state index contributed by atoms with van der Waals surface area (Å²) in [6.07, 6.45) is 0. The van der Waals surface area contributed by atoms with Crippen molar-refractivity contribution in [1.29, 1.82) is 0 Å². The Bertz CT molecular complexity index is 1070. The number of ether oxygens (including phenoxy) is 2. The summed E-state index contributed by atoms with van der Waals surface area (Å²) >= 11 is 5.52. The Kier molecular flexibility index (Phi) is 7.48. The average Bonchev–Trinajstić information content (AvgIpc) is 2.79. The summed E-state index contributed by atoms with van der Waals surface area (Å²) in [5.41, 5.74) is 3.05. The zero-order chi connectivity index (χ0) is 23.3. The van der Waals surface area contributed by atoms with Crippen molar-refractivity contribution in [3.63, 3.8) is 0 Å². The second-order valence-electron chi connectivity index (χ2n) is 7.13. The van der Waals surface area contributed by atoms with E-state index in [9.17, 15) is 9.59 Å². The smallest absolute Gasteiger partial charge is 0.338 e. The van der Waals surface area contributed by atoms with E-state index < -0.39 is 12.0 Å². The molecular weight excluding hydrogens is 426 g/mol. The number of esters is 1. The van der Waals surface area contributed by atoms with Crippen LogP contribution >= 0.6 is 12.2 Å². The first-order valence-electron chi connectivity index (χ1n) is 10.4. The molecule has 1 amide bonds. The van der Waals surface area contributed by atoms with Crippen LogP contribution < -0.4 is 15.4 Å². The van der Waals surface area contributed by atoms with E-state index in [1.165, 1.54) is 7.11 Å². The van der Waals surface area contributed by atoms with Crippen LogP contribution in [0.2, 0.25) is 0 Å². The zero-order valence-corrected chi connectivity index (χ0v) is 19.4. The SMILES string of the molecule is CCOC(=O)C1=C(C)N(CC)C(=S)NC1c1cccc(NC(=O)c2ccccc2OC)c1. The van der Waals surface area contributed by atoms with Gasteiger partial charge < -0.3 is 25.0 Å². The number of para-hydroxylation sites is 1. The lowest BCUT2D eigenvalue weighted by Crippen LogP contribution is -2.47. The summed E-state index contributed by atoms with van der Waals surface area (Å²) in [5.74, 6) is -0.198. The molecule has 2 aromatic rings. The minimum atomic E-state index is -0.493. The molecule has 1 aliphatic heterocycles. The number of benzene rings is 2. The third-order valence-electron chi connectivity index (χ3n) is 5.24. The van der Waals surface area contributed by atoms with Gasteiger partial charge in [0.05, 0.1) is 30.9 Å². The topological polar surface area (TPSA) is 79.9 Å². The second-order valence-corrected chi connectivity index (χ2v) is 7.51. The van der Waals surface area contributed by atoms with Crippen LogP contribution in [0.4, 0.5) is 5.69 Å². The van der Waals surface area contributed by atoms with Gasteiger partial charge in [0.15, 0.2) is 5.11 Å². The lowest BCUT2D eigenvalue weighted by Gasteiger charge is -2.37. The Morgan fingerprint density at radius 1 is 1.16 bits per heavy atom. The molecule has 0 saturated heterocycles. The number of nitrogens with one attached hydrogen (secondary N) is 2. The van der Waals surface area contributed by atoms with Gasteiger partial charge in [0, 0.05) is 17.9 Å². The highest BCUT2D eigenvalue weighted by molar-refractivity contribution is 7.80. The van der Waals surface area contributed by atoms with Gasteiger partial charge in [-0.25, -0.2) is 4.79 Å². The Balaban J connectivity index is 1.95. The fraction of sp³-hybridized carbons (Fsp3) is 0.292. The first kappa shape index (κ1) is 23.3. The summed E-state index contributed by atoms with van der Waals surface area (Å²) in [7, 11) is 1.52. The van der Waals surface area contributed by atoms with Crippen LogP contribution in [0.25, 0.3) is 0 Å². The van der Waals surface area contributed by atoms with Crippen molar-refractivity contribution < 1.29 is 19.1 Å². The molecule has 168 valence electrons. The number of thiocarbonyl (C=S) groups is 1. The van der Waals surface area contributed by atoms with Crippen molar-refractivity contribution in [3.05, 3.63) is 70.9 Å². The van der Waals surface area contributed by atoms with Gasteiger partial charge in [-0.15, -0.1) is 0 Å². The summed E-state index contributed by atoms with van der Waals surface area (Å²) in [5, 5.41) is 6.69. The molecule has 32 heavy (non-hydrogen) atoms. The lowest BCUT2D eigenvalue weighted by atomic mass is 9.94. The van der Waals surface area contributed by atoms with Gasteiger partial charge in [-0.1, -0.05) is 24.3 Å². The van der Waals surface area contributed by atoms with E-state index in [1.54, 1.807) is 37.3 Å². The fourth-order valence-electron chi connectivity index (χ4n) is 3.71. The summed E-state index contributed by atoms with van der Waals surface area (Å²) in [4.78, 5) is 27.5. The van der Waals surface area contributed by atoms with Crippen molar-refractivity contribution in [2.24, 2.45) is 0 Å². The molecule has 1 heterocycles. The van der Waals surface area contributed by atoms with Gasteiger partial charge in [-0.3, -0.25) is 4.79 Å². The van der Waals surface area contributed by atoms with Gasteiger partial charge >= 0.3 is 5.97 Å². The molecule has 2 N–H and O–H groups in total. The van der Waals surface area contributed by atoms with Crippen molar-refractivity contribution in [2.45, 2.75) is 26.8 Å². The maximum atomic E-state index is 12.8. The number of carbonyl (C=O) groups excluding carboxylic acids is 2. The Morgan fingerprint density at radius 2 is 1.91 bits per heavy atom. The molecule has 0 radical (unpaired) electrons. The molecule has 0 saturated carbocycles. The van der Waals surface area contributed by atoms with Gasteiger partial charge in [0.2, 0.25) is 0 Å². The van der Waals surface area contributed by atoms with Gasteiger partial charge in [0.25, 0.3) is 5.91 Å². The number of rotatable bonds is 7. The zero-order valence-electron chi connectivity index (χ0n) is 18.6. The van der Waals surface area contributed by atoms with Crippen LogP contribution in [0.15, 0.2) is 59.8 Å². The number of methoxy groups -OCH3 is 1. The van der Waals surface area contributed by atoms with Crippen molar-refractivity contribution in [1.82, 2.24) is 10.2 Å². The lowest BCUT2D eigenvalue weighted by molar-refractivity contribution is -0.139. The maximum Gasteiger partial charge on any atom is 0.338 e. The number of hydrogen-bond donors (Lipinski definition) is 2. The standard InChI is InChI=1S/C24H27N3O4S/c1-5-27-15(3)20(23(29)31-6-2)21(26-24(27)32)16-10-9-11-17(14-16)25-22(28)18-12-7-8-13-19(18)30-4/h7-14,21H,5-6H2,1-4H3,(H,25,28)(H,26,32). The van der Waals surface area contributed by atoms with Gasteiger partial charge in [0.1, 0.15) is 5.75 Å². The molecule has 2 aromatic carbocycles. The van der Waals surface area contributed by atoms with E-state index in [4.69, 9.17) is 21.7 Å². The highest BCUT2D eigenvalue weighted by Crippen LogP contribution is 2.32. The number of carbonyl (C=O) groups is 2. The van der Waals surface area contributed by atoms with E-state index in [-0.39, 0.29) is 12.5 Å². The molecule has 7 nitrogen and oxygen atoms in total. The number of allylic oxidation sites excluding steroid dienone is 1. The predicted molar refractivity (Wildman–Crippen MR) is 128 cm³/mol. The fourth-order valence-corrected chi connectivity index (χ4v) is 4.10. The molecule has 0 aliphatic carbocycles. The quantitative estimate of drug-likeness (QED) is 0.484. The molecular formula is C24H27N3O4S. The first-order chi connectivity index (χ1) is 15.4. The first-order valence-corrected chi connectivity index (χ1v) is 10.8. The molecule has 0 fully saturated rings. The van der Waals surface area contributed by atoms with Crippen LogP contribution in [0.5, 0.6) is 5.75 Å². The summed E-state index contributed by atoms with van der Waals surface area (Å²) in [6.45, 7) is 6.50. The van der Waals surface area contributed by atoms with E-state index in [2.05, 4.69) is 10.6 Å². The van der Waals surface area contributed by atoms with Crippen molar-refractivity contribution >= 4 is 34.9 Å². The molecule has 0 spiro atoms. The normalized spacial score (nSPS) is 15.8. The van der Waals surface area contributed by atoms with Gasteiger partial charge in [-0.05, 0) is 62.8 Å². The highest BCUT2D eigenvalue weighted by atomic mass is 32.1. The number of hydrogen-bond acceptors (Lipinski definition) is 5. The molecule has 1 aliphatic rings. The van der Waals surface area contributed by atoms with E-state index >= 15 is 0 Å². The molecule has 3 rings (SSSR count). The third kappa shape index (κ3) is 4.75. The van der Waals surface area contributed by atoms with Crippen LogP contribution in [-0.4, -0.2) is 42.2 Å². The van der Waals surface area contributed by atoms with Crippen LogP contribution in [-0.2, 0) is 9.53 Å². The third-order valence-corrected chi connectivity index (χ3v) is 5.58. The second kappa shape index (κ2) is 10.3. The van der Waals surface area contributed by atoms with Gasteiger partial charge in [-0.2, -0.15) is 0 Å². The number of anilines is 1. The van der Waals surface area contributed by atoms with Crippen LogP contribution in [0, 0.1) is 0 Å².